The highest BCUT2D eigenvalue weighted by molar-refractivity contribution is 8.26. The number of amides is 1. The number of hydrogen-bond acceptors (Lipinski definition) is 5. The zero-order chi connectivity index (χ0) is 18.0. The van der Waals surface area contributed by atoms with Crippen molar-refractivity contribution in [1.82, 2.24) is 4.90 Å². The van der Waals surface area contributed by atoms with Crippen LogP contribution in [-0.4, -0.2) is 27.1 Å². The fourth-order valence-electron chi connectivity index (χ4n) is 2.26. The summed E-state index contributed by atoms with van der Waals surface area (Å²) in [4.78, 5) is 25.5. The quantitative estimate of drug-likeness (QED) is 0.558. The van der Waals surface area contributed by atoms with Crippen molar-refractivity contribution in [2.45, 2.75) is 26.3 Å². The monoisotopic (exact) mass is 402 g/mol. The molecule has 0 aliphatic carbocycles. The average Bonchev–Trinajstić information content (AvgIpc) is 2.74. The molecule has 1 aromatic carbocycles. The van der Waals surface area contributed by atoms with Gasteiger partial charge in [-0.05, 0) is 36.1 Å². The van der Waals surface area contributed by atoms with Gasteiger partial charge in [0, 0.05) is 10.0 Å². The molecular formula is C16H14Cl2NO3S2-. The van der Waals surface area contributed by atoms with Crippen molar-refractivity contribution in [1.29, 1.82) is 0 Å². The number of carbonyl (C=O) groups is 2. The minimum Gasteiger partial charge on any atom is -0.548 e. The Morgan fingerprint density at radius 1 is 1.42 bits per heavy atom. The van der Waals surface area contributed by atoms with E-state index in [0.717, 1.165) is 16.7 Å². The number of thiocarbonyl (C=S) groups is 1. The number of rotatable bonds is 5. The largest absolute Gasteiger partial charge is 0.548 e. The summed E-state index contributed by atoms with van der Waals surface area (Å²) in [5, 5.41) is 12.3. The van der Waals surface area contributed by atoms with Gasteiger partial charge in [0.2, 0.25) is 0 Å². The first-order chi connectivity index (χ1) is 11.2. The van der Waals surface area contributed by atoms with Crippen molar-refractivity contribution >= 4 is 69.5 Å². The summed E-state index contributed by atoms with van der Waals surface area (Å²) in [6, 6.07) is 3.83. The van der Waals surface area contributed by atoms with E-state index in [1.54, 1.807) is 24.3 Å². The highest BCUT2D eigenvalue weighted by Crippen LogP contribution is 2.36. The van der Waals surface area contributed by atoms with E-state index in [0.29, 0.717) is 20.5 Å². The lowest BCUT2D eigenvalue weighted by atomic mass is 10.0. The molecule has 1 aliphatic heterocycles. The van der Waals surface area contributed by atoms with Gasteiger partial charge >= 0.3 is 0 Å². The second-order valence-corrected chi connectivity index (χ2v) is 8.20. The minimum absolute atomic E-state index is 0.0761. The van der Waals surface area contributed by atoms with Gasteiger partial charge < -0.3 is 9.90 Å². The lowest BCUT2D eigenvalue weighted by Gasteiger charge is -2.28. The molecule has 8 heteroatoms. The maximum absolute atomic E-state index is 12.6. The van der Waals surface area contributed by atoms with Gasteiger partial charge in [-0.2, -0.15) is 0 Å². The third kappa shape index (κ3) is 4.30. The number of nitrogens with zero attached hydrogens (tertiary/aromatic N) is 1. The Bertz CT molecular complexity index is 734. The number of carbonyl (C=O) groups excluding carboxylic acids is 2. The van der Waals surface area contributed by atoms with E-state index in [9.17, 15) is 14.7 Å². The molecule has 1 aliphatic rings. The Hall–Kier alpha value is -1.08. The molecule has 0 saturated carbocycles. The van der Waals surface area contributed by atoms with Crippen molar-refractivity contribution in [2.75, 3.05) is 0 Å². The van der Waals surface area contributed by atoms with E-state index < -0.39 is 17.9 Å². The highest BCUT2D eigenvalue weighted by Gasteiger charge is 2.38. The lowest BCUT2D eigenvalue weighted by Crippen LogP contribution is -2.50. The van der Waals surface area contributed by atoms with Gasteiger partial charge in [0.05, 0.1) is 16.9 Å². The van der Waals surface area contributed by atoms with Crippen LogP contribution in [0.15, 0.2) is 23.1 Å². The zero-order valence-electron chi connectivity index (χ0n) is 12.9. The minimum atomic E-state index is -1.31. The molecule has 128 valence electrons. The molecule has 0 unspecified atom stereocenters. The second-order valence-electron chi connectivity index (χ2n) is 5.68. The summed E-state index contributed by atoms with van der Waals surface area (Å²) in [7, 11) is 0. The maximum Gasteiger partial charge on any atom is 0.266 e. The Morgan fingerprint density at radius 2 is 2.08 bits per heavy atom. The fourth-order valence-corrected chi connectivity index (χ4v) is 4.07. The van der Waals surface area contributed by atoms with Gasteiger partial charge in [0.25, 0.3) is 5.91 Å². The van der Waals surface area contributed by atoms with Crippen LogP contribution in [0.1, 0.15) is 25.8 Å². The average molecular weight is 403 g/mol. The van der Waals surface area contributed by atoms with Crippen LogP contribution in [-0.2, 0) is 9.59 Å². The van der Waals surface area contributed by atoms with Gasteiger partial charge in [-0.3, -0.25) is 9.69 Å². The smallest absolute Gasteiger partial charge is 0.266 e. The number of thioether (sulfide) groups is 1. The lowest BCUT2D eigenvalue weighted by molar-refractivity contribution is -0.310. The van der Waals surface area contributed by atoms with E-state index in [2.05, 4.69) is 0 Å². The number of carboxylic acid groups (broad SMARTS) is 1. The molecule has 1 amide bonds. The topological polar surface area (TPSA) is 60.4 Å². The van der Waals surface area contributed by atoms with Crippen molar-refractivity contribution in [3.05, 3.63) is 38.7 Å². The molecular weight excluding hydrogens is 389 g/mol. The van der Waals surface area contributed by atoms with Crippen molar-refractivity contribution in [3.8, 4) is 0 Å². The summed E-state index contributed by atoms with van der Waals surface area (Å²) in [6.07, 6.45) is 1.85. The van der Waals surface area contributed by atoms with Crippen LogP contribution in [0, 0.1) is 5.92 Å². The van der Waals surface area contributed by atoms with Crippen molar-refractivity contribution in [3.63, 3.8) is 0 Å². The van der Waals surface area contributed by atoms with E-state index in [1.807, 2.05) is 13.8 Å². The standard InChI is InChI=1S/C16H15Cl2NO3S2/c1-8(2)5-12(15(21)22)19-14(20)13(24-16(19)23)6-9-3-4-10(17)7-11(9)18/h3-4,6-8,12H,5H2,1-2H3,(H,21,22)/p-1/b13-6-/t12-/m0/s1. The molecule has 24 heavy (non-hydrogen) atoms. The Labute approximate surface area is 159 Å². The number of hydrogen-bond donors (Lipinski definition) is 0. The van der Waals surface area contributed by atoms with Crippen LogP contribution < -0.4 is 5.11 Å². The molecule has 1 saturated heterocycles. The van der Waals surface area contributed by atoms with Crippen LogP contribution in [0.3, 0.4) is 0 Å². The SMILES string of the molecule is CC(C)C[C@@H](C(=O)[O-])N1C(=O)/C(=C/c2ccc(Cl)cc2Cl)SC1=S. The number of aliphatic carboxylic acids is 1. The molecule has 2 rings (SSSR count). The van der Waals surface area contributed by atoms with Crippen molar-refractivity contribution in [2.24, 2.45) is 5.92 Å². The first-order valence-electron chi connectivity index (χ1n) is 7.13. The summed E-state index contributed by atoms with van der Waals surface area (Å²) in [5.41, 5.74) is 0.607. The first kappa shape index (κ1) is 19.2. The summed E-state index contributed by atoms with van der Waals surface area (Å²) < 4.78 is 0.200. The van der Waals surface area contributed by atoms with Gasteiger partial charge in [-0.15, -0.1) is 0 Å². The van der Waals surface area contributed by atoms with Gasteiger partial charge in [-0.25, -0.2) is 0 Å². The number of benzene rings is 1. The van der Waals surface area contributed by atoms with Crippen LogP contribution in [0.2, 0.25) is 10.0 Å². The van der Waals surface area contributed by atoms with E-state index in [-0.39, 0.29) is 16.7 Å². The molecule has 1 heterocycles. The third-order valence-electron chi connectivity index (χ3n) is 3.35. The molecule has 0 spiro atoms. The predicted molar refractivity (Wildman–Crippen MR) is 99.7 cm³/mol. The highest BCUT2D eigenvalue weighted by atomic mass is 35.5. The molecule has 1 aromatic rings. The summed E-state index contributed by atoms with van der Waals surface area (Å²) in [5.74, 6) is -1.69. The van der Waals surface area contributed by atoms with Crippen LogP contribution in [0.4, 0.5) is 0 Å². The molecule has 1 fully saturated rings. The molecule has 4 nitrogen and oxygen atoms in total. The first-order valence-corrected chi connectivity index (χ1v) is 9.11. The van der Waals surface area contributed by atoms with E-state index >= 15 is 0 Å². The predicted octanol–water partition coefficient (Wildman–Crippen LogP) is 3.36. The van der Waals surface area contributed by atoms with Crippen LogP contribution in [0.5, 0.6) is 0 Å². The zero-order valence-corrected chi connectivity index (χ0v) is 16.1. The van der Waals surface area contributed by atoms with Gasteiger partial charge in [0.1, 0.15) is 4.32 Å². The Kier molecular flexibility index (Phi) is 6.31. The molecule has 1 atom stereocenters. The summed E-state index contributed by atoms with van der Waals surface area (Å²) in [6.45, 7) is 3.74. The maximum atomic E-state index is 12.6. The number of halogens is 2. The molecule has 0 aromatic heterocycles. The molecule has 0 radical (unpaired) electrons. The van der Waals surface area contributed by atoms with E-state index in [4.69, 9.17) is 35.4 Å². The van der Waals surface area contributed by atoms with Crippen LogP contribution in [0.25, 0.3) is 6.08 Å². The number of carboxylic acids is 1. The third-order valence-corrected chi connectivity index (χ3v) is 5.24. The fraction of sp³-hybridized carbons (Fsp3) is 0.312. The van der Waals surface area contributed by atoms with Gasteiger partial charge in [0.15, 0.2) is 0 Å². The van der Waals surface area contributed by atoms with Crippen molar-refractivity contribution < 1.29 is 14.7 Å². The van der Waals surface area contributed by atoms with Crippen LogP contribution >= 0.6 is 47.2 Å². The second kappa shape index (κ2) is 7.87. The molecule has 0 bridgehead atoms. The molecule has 0 N–H and O–H groups in total. The van der Waals surface area contributed by atoms with E-state index in [1.165, 1.54) is 0 Å². The summed E-state index contributed by atoms with van der Waals surface area (Å²) >= 11 is 18.2. The normalized spacial score (nSPS) is 17.9. The Balaban J connectivity index is 2.33. The van der Waals surface area contributed by atoms with Gasteiger partial charge in [-0.1, -0.05) is 67.1 Å². The Morgan fingerprint density at radius 3 is 2.62 bits per heavy atom.